The van der Waals surface area contributed by atoms with Crippen molar-refractivity contribution < 1.29 is 13.2 Å². The van der Waals surface area contributed by atoms with Crippen molar-refractivity contribution in [2.24, 2.45) is 0 Å². The third-order valence-corrected chi connectivity index (χ3v) is 3.66. The van der Waals surface area contributed by atoms with E-state index in [9.17, 15) is 13.2 Å². The molecule has 21 heavy (non-hydrogen) atoms. The maximum atomic E-state index is 12.8. The molecule has 1 N–H and O–H groups in total. The summed E-state index contributed by atoms with van der Waals surface area (Å²) >= 11 is 3.12. The fourth-order valence-electron chi connectivity index (χ4n) is 2.10. The highest BCUT2D eigenvalue weighted by Gasteiger charge is 2.31. The minimum Gasteiger partial charge on any atom is -0.381 e. The predicted octanol–water partition coefficient (Wildman–Crippen LogP) is 5.70. The zero-order valence-electron chi connectivity index (χ0n) is 11.7. The molecule has 1 nitrogen and oxygen atoms in total. The lowest BCUT2D eigenvalue weighted by molar-refractivity contribution is -0.137. The summed E-state index contributed by atoms with van der Waals surface area (Å²) in [6.07, 6.45) is -4.35. The number of benzene rings is 2. The minimum atomic E-state index is -4.35. The van der Waals surface area contributed by atoms with Gasteiger partial charge < -0.3 is 5.32 Å². The molecule has 2 rings (SSSR count). The molecule has 0 unspecified atom stereocenters. The van der Waals surface area contributed by atoms with Crippen LogP contribution in [0.15, 0.2) is 40.9 Å². The van der Waals surface area contributed by atoms with Gasteiger partial charge in [0.2, 0.25) is 0 Å². The van der Waals surface area contributed by atoms with Gasteiger partial charge in [-0.2, -0.15) is 13.2 Å². The van der Waals surface area contributed by atoms with Crippen molar-refractivity contribution >= 4 is 21.6 Å². The van der Waals surface area contributed by atoms with Gasteiger partial charge in [-0.1, -0.05) is 39.7 Å². The maximum Gasteiger partial charge on any atom is 0.416 e. The van der Waals surface area contributed by atoms with Crippen molar-refractivity contribution in [1.82, 2.24) is 0 Å². The molecule has 0 aliphatic carbocycles. The van der Waals surface area contributed by atoms with Crippen molar-refractivity contribution in [3.8, 4) is 0 Å². The number of hydrogen-bond donors (Lipinski definition) is 1. The molecule has 0 atom stereocenters. The first-order valence-electron chi connectivity index (χ1n) is 6.43. The number of hydrogen-bond acceptors (Lipinski definition) is 1. The molecule has 0 radical (unpaired) electrons. The van der Waals surface area contributed by atoms with Gasteiger partial charge in [0.1, 0.15) is 0 Å². The van der Waals surface area contributed by atoms with E-state index in [0.717, 1.165) is 28.8 Å². The van der Waals surface area contributed by atoms with Crippen LogP contribution in [0.5, 0.6) is 0 Å². The molecule has 5 heteroatoms. The fraction of sp³-hybridized carbons (Fsp3) is 0.250. The van der Waals surface area contributed by atoms with Gasteiger partial charge in [-0.05, 0) is 43.2 Å². The quantitative estimate of drug-likeness (QED) is 0.743. The SMILES string of the molecule is Cc1ccc(CNc2cc(Br)cc(C(F)(F)F)c2)c(C)c1. The molecule has 0 fully saturated rings. The molecule has 0 spiro atoms. The maximum absolute atomic E-state index is 12.8. The zero-order chi connectivity index (χ0) is 15.6. The number of rotatable bonds is 3. The van der Waals surface area contributed by atoms with Gasteiger partial charge in [-0.3, -0.25) is 0 Å². The van der Waals surface area contributed by atoms with Gasteiger partial charge in [-0.15, -0.1) is 0 Å². The molecular weight excluding hydrogens is 343 g/mol. The molecule has 0 saturated heterocycles. The number of aryl methyl sites for hydroxylation is 2. The van der Waals surface area contributed by atoms with Crippen molar-refractivity contribution in [1.29, 1.82) is 0 Å². The van der Waals surface area contributed by atoms with E-state index < -0.39 is 11.7 Å². The first-order chi connectivity index (χ1) is 9.75. The van der Waals surface area contributed by atoms with E-state index >= 15 is 0 Å². The summed E-state index contributed by atoms with van der Waals surface area (Å²) in [6.45, 7) is 4.49. The van der Waals surface area contributed by atoms with Crippen LogP contribution in [0.1, 0.15) is 22.3 Å². The summed E-state index contributed by atoms with van der Waals surface area (Å²) in [5, 5.41) is 3.04. The van der Waals surface area contributed by atoms with Gasteiger partial charge in [0.15, 0.2) is 0 Å². The lowest BCUT2D eigenvalue weighted by Crippen LogP contribution is -2.07. The van der Waals surface area contributed by atoms with Crippen molar-refractivity contribution in [2.75, 3.05) is 5.32 Å². The highest BCUT2D eigenvalue weighted by atomic mass is 79.9. The standard InChI is InChI=1S/C16H15BrF3N/c1-10-3-4-12(11(2)5-10)9-21-15-7-13(16(18,19)20)6-14(17)8-15/h3-8,21H,9H2,1-2H3. The van der Waals surface area contributed by atoms with Crippen LogP contribution in [0.4, 0.5) is 18.9 Å². The topological polar surface area (TPSA) is 12.0 Å². The summed E-state index contributed by atoms with van der Waals surface area (Å²) in [5.74, 6) is 0. The van der Waals surface area contributed by atoms with E-state index in [-0.39, 0.29) is 0 Å². The van der Waals surface area contributed by atoms with Gasteiger partial charge in [-0.25, -0.2) is 0 Å². The Balaban J connectivity index is 2.18. The Morgan fingerprint density at radius 2 is 1.76 bits per heavy atom. The number of alkyl halides is 3. The van der Waals surface area contributed by atoms with E-state index in [2.05, 4.69) is 27.3 Å². The number of anilines is 1. The largest absolute Gasteiger partial charge is 0.416 e. The van der Waals surface area contributed by atoms with Crippen LogP contribution in [0.25, 0.3) is 0 Å². The number of nitrogens with one attached hydrogen (secondary N) is 1. The second kappa shape index (κ2) is 6.10. The summed E-state index contributed by atoms with van der Waals surface area (Å²) in [4.78, 5) is 0. The normalized spacial score (nSPS) is 11.5. The molecule has 2 aromatic carbocycles. The Hall–Kier alpha value is -1.49. The third kappa shape index (κ3) is 4.24. The Labute approximate surface area is 130 Å². The first kappa shape index (κ1) is 15.9. The smallest absolute Gasteiger partial charge is 0.381 e. The van der Waals surface area contributed by atoms with E-state index in [1.54, 1.807) is 6.07 Å². The summed E-state index contributed by atoms with van der Waals surface area (Å²) < 4.78 is 38.7. The van der Waals surface area contributed by atoms with Crippen LogP contribution in [0, 0.1) is 13.8 Å². The van der Waals surface area contributed by atoms with Crippen molar-refractivity contribution in [3.63, 3.8) is 0 Å². The first-order valence-corrected chi connectivity index (χ1v) is 7.23. The Bertz CT molecular complexity index is 650. The van der Waals surface area contributed by atoms with Gasteiger partial charge in [0.05, 0.1) is 5.56 Å². The molecule has 2 aromatic rings. The Morgan fingerprint density at radius 3 is 2.38 bits per heavy atom. The highest BCUT2D eigenvalue weighted by molar-refractivity contribution is 9.10. The average molecular weight is 358 g/mol. The third-order valence-electron chi connectivity index (χ3n) is 3.21. The molecule has 0 bridgehead atoms. The molecular formula is C16H15BrF3N. The van der Waals surface area contributed by atoms with Crippen LogP contribution < -0.4 is 5.32 Å². The van der Waals surface area contributed by atoms with E-state index in [0.29, 0.717) is 16.7 Å². The Kier molecular flexibility index (Phi) is 4.61. The molecule has 0 aromatic heterocycles. The lowest BCUT2D eigenvalue weighted by Gasteiger charge is -2.13. The second-order valence-electron chi connectivity index (χ2n) is 5.01. The second-order valence-corrected chi connectivity index (χ2v) is 5.93. The highest BCUT2D eigenvalue weighted by Crippen LogP contribution is 2.33. The van der Waals surface area contributed by atoms with Gasteiger partial charge in [0.25, 0.3) is 0 Å². The van der Waals surface area contributed by atoms with Crippen LogP contribution in [-0.4, -0.2) is 0 Å². The van der Waals surface area contributed by atoms with Crippen LogP contribution in [-0.2, 0) is 12.7 Å². The van der Waals surface area contributed by atoms with Crippen LogP contribution >= 0.6 is 15.9 Å². The molecule has 0 heterocycles. The summed E-state index contributed by atoms with van der Waals surface area (Å²) in [6, 6.07) is 9.86. The summed E-state index contributed by atoms with van der Waals surface area (Å²) in [7, 11) is 0. The lowest BCUT2D eigenvalue weighted by atomic mass is 10.1. The van der Waals surface area contributed by atoms with E-state index in [1.807, 2.05) is 26.0 Å². The molecule has 0 saturated carbocycles. The zero-order valence-corrected chi connectivity index (χ0v) is 13.3. The van der Waals surface area contributed by atoms with Gasteiger partial charge >= 0.3 is 6.18 Å². The van der Waals surface area contributed by atoms with Crippen molar-refractivity contribution in [2.45, 2.75) is 26.6 Å². The van der Waals surface area contributed by atoms with Crippen LogP contribution in [0.2, 0.25) is 0 Å². The molecule has 112 valence electrons. The van der Waals surface area contributed by atoms with Gasteiger partial charge in [0, 0.05) is 16.7 Å². The van der Waals surface area contributed by atoms with Crippen LogP contribution in [0.3, 0.4) is 0 Å². The predicted molar refractivity (Wildman–Crippen MR) is 82.4 cm³/mol. The van der Waals surface area contributed by atoms with E-state index in [1.165, 1.54) is 0 Å². The Morgan fingerprint density at radius 1 is 1.05 bits per heavy atom. The van der Waals surface area contributed by atoms with Crippen molar-refractivity contribution in [3.05, 3.63) is 63.1 Å². The molecule has 0 aliphatic heterocycles. The molecule has 0 amide bonds. The molecule has 0 aliphatic rings. The monoisotopic (exact) mass is 357 g/mol. The summed E-state index contributed by atoms with van der Waals surface area (Å²) in [5.41, 5.74) is 3.12. The van der Waals surface area contributed by atoms with E-state index in [4.69, 9.17) is 0 Å². The average Bonchev–Trinajstić information content (AvgIpc) is 2.36. The number of halogens is 4. The fourth-order valence-corrected chi connectivity index (χ4v) is 2.59. The minimum absolute atomic E-state index is 0.403.